The highest BCUT2D eigenvalue weighted by Gasteiger charge is 2.23. The van der Waals surface area contributed by atoms with Crippen molar-refractivity contribution in [2.45, 2.75) is 13.1 Å². The number of hydrogen-bond donors (Lipinski definition) is 1. The third-order valence-corrected chi connectivity index (χ3v) is 7.73. The van der Waals surface area contributed by atoms with E-state index in [-0.39, 0.29) is 37.4 Å². The molecule has 0 saturated heterocycles. The first-order valence-corrected chi connectivity index (χ1v) is 15.8. The van der Waals surface area contributed by atoms with Gasteiger partial charge in [0, 0.05) is 5.56 Å². The summed E-state index contributed by atoms with van der Waals surface area (Å²) in [5.74, 6) is -0.622. The number of ketones is 1. The molecule has 4 rings (SSSR count). The fourth-order valence-corrected chi connectivity index (χ4v) is 4.96. The fourth-order valence-electron chi connectivity index (χ4n) is 3.44. The van der Waals surface area contributed by atoms with Crippen LogP contribution >= 0.6 is 0 Å². The molecule has 0 amide bonds. The number of ether oxygens (including phenoxy) is 1. The molecule has 0 unspecified atom stereocenters. The number of methoxy groups -OCH3 is 1. The number of nitrogens with two attached hydrogens (primary N) is 1. The molecule has 0 aliphatic heterocycles. The first kappa shape index (κ1) is 32.0. The number of sulfonamides is 2. The van der Waals surface area contributed by atoms with E-state index in [1.54, 1.807) is 48.5 Å². The Hall–Kier alpha value is -4.54. The summed E-state index contributed by atoms with van der Waals surface area (Å²) in [4.78, 5) is 30.5. The largest absolute Gasteiger partial charge is 0.465 e. The molecule has 0 fully saturated rings. The van der Waals surface area contributed by atoms with Crippen molar-refractivity contribution in [1.82, 2.24) is 9.97 Å². The van der Waals surface area contributed by atoms with Crippen LogP contribution in [-0.4, -0.2) is 64.7 Å². The van der Waals surface area contributed by atoms with Crippen LogP contribution in [0.15, 0.2) is 82.3 Å². The van der Waals surface area contributed by atoms with Crippen LogP contribution in [0.4, 0.5) is 12.0 Å². The van der Waals surface area contributed by atoms with Crippen LogP contribution in [0.1, 0.15) is 31.8 Å². The van der Waals surface area contributed by atoms with Crippen LogP contribution in [0.3, 0.4) is 0 Å². The second kappa shape index (κ2) is 13.9. The van der Waals surface area contributed by atoms with E-state index in [1.807, 2.05) is 0 Å². The molecule has 4 aromatic rings. The third kappa shape index (κ3) is 8.73. The Morgan fingerprint density at radius 3 is 1.48 bits per heavy atom. The second-order valence-electron chi connectivity index (χ2n) is 8.68. The second-order valence-corrected chi connectivity index (χ2v) is 12.5. The smallest absolute Gasteiger partial charge is 0.337 e. The maximum atomic E-state index is 11.8. The van der Waals surface area contributed by atoms with Gasteiger partial charge in [-0.3, -0.25) is 4.79 Å². The van der Waals surface area contributed by atoms with Crippen LogP contribution in [0.2, 0.25) is 0 Å². The van der Waals surface area contributed by atoms with Gasteiger partial charge in [-0.15, -0.1) is 0 Å². The summed E-state index contributed by atoms with van der Waals surface area (Å²) in [5.41, 5.74) is 7.55. The van der Waals surface area contributed by atoms with Gasteiger partial charge in [-0.05, 0) is 23.3 Å². The van der Waals surface area contributed by atoms with Gasteiger partial charge in [0.25, 0.3) is 0 Å². The molecular formula is C26H29N5O9S2. The van der Waals surface area contributed by atoms with Gasteiger partial charge in [0.15, 0.2) is 5.78 Å². The maximum absolute atomic E-state index is 11.8. The SMILES string of the molecule is COC(=O)c1ccc(CN(c2ncco2)S(C)(=O)=O)cc1.CS(=O)(=O)N(Cc1ccc(C(=O)CN)cc1)c1ncco1. The van der Waals surface area contributed by atoms with Gasteiger partial charge in [0.05, 0.1) is 57.2 Å². The number of anilines is 2. The summed E-state index contributed by atoms with van der Waals surface area (Å²) in [7, 11) is -5.76. The minimum atomic E-state index is -3.53. The minimum absolute atomic E-state index is 0.000360. The predicted octanol–water partition coefficient (Wildman–Crippen LogP) is 2.21. The number of carbonyl (C=O) groups is 2. The lowest BCUT2D eigenvalue weighted by Crippen LogP contribution is -2.29. The number of esters is 1. The standard InChI is InChI=1S/C13H15N3O4S.C13H14N2O5S/c1-21(18,19)16(13-15-6-7-20-13)9-10-2-4-11(5-3-10)12(17)8-14;1-19-12(16)11-5-3-10(4-6-11)9-15(21(2,17)18)13-14-7-8-20-13/h2-7H,8-9,14H2,1H3;3-8H,9H2,1-2H3. The molecule has 2 N–H and O–H groups in total. The van der Waals surface area contributed by atoms with E-state index in [2.05, 4.69) is 14.7 Å². The summed E-state index contributed by atoms with van der Waals surface area (Å²) < 4.78 is 64.0. The van der Waals surface area contributed by atoms with Crippen molar-refractivity contribution in [2.75, 3.05) is 34.8 Å². The fraction of sp³-hybridized carbons (Fsp3) is 0.231. The average molecular weight is 620 g/mol. The molecular weight excluding hydrogens is 590 g/mol. The minimum Gasteiger partial charge on any atom is -0.465 e. The van der Waals surface area contributed by atoms with E-state index < -0.39 is 26.0 Å². The van der Waals surface area contributed by atoms with E-state index in [4.69, 9.17) is 14.6 Å². The maximum Gasteiger partial charge on any atom is 0.337 e. The third-order valence-electron chi connectivity index (χ3n) is 5.55. The van der Waals surface area contributed by atoms with Crippen LogP contribution < -0.4 is 14.3 Å². The molecule has 2 aromatic heterocycles. The molecule has 42 heavy (non-hydrogen) atoms. The Morgan fingerprint density at radius 1 is 0.762 bits per heavy atom. The van der Waals surface area contributed by atoms with Crippen molar-refractivity contribution < 1.29 is 40.0 Å². The van der Waals surface area contributed by atoms with E-state index in [0.717, 1.165) is 21.1 Å². The van der Waals surface area contributed by atoms with Gasteiger partial charge in [-0.2, -0.15) is 0 Å². The van der Waals surface area contributed by atoms with E-state index in [0.29, 0.717) is 22.3 Å². The molecule has 0 aliphatic carbocycles. The Morgan fingerprint density at radius 2 is 1.17 bits per heavy atom. The van der Waals surface area contributed by atoms with Gasteiger partial charge in [-0.25, -0.2) is 40.2 Å². The van der Waals surface area contributed by atoms with Gasteiger partial charge in [0.1, 0.15) is 12.5 Å². The normalized spacial score (nSPS) is 11.2. The van der Waals surface area contributed by atoms with Gasteiger partial charge in [-0.1, -0.05) is 36.4 Å². The Kier molecular flexibility index (Phi) is 10.6. The van der Waals surface area contributed by atoms with Crippen molar-refractivity contribution in [3.8, 4) is 0 Å². The summed E-state index contributed by atoms with van der Waals surface area (Å²) >= 11 is 0. The number of Topliss-reactive ketones (excluding diaryl/α,β-unsaturated/α-hetero) is 1. The Labute approximate surface area is 242 Å². The number of carbonyl (C=O) groups excluding carboxylic acids is 2. The first-order chi connectivity index (χ1) is 19.8. The van der Waals surface area contributed by atoms with Crippen molar-refractivity contribution in [2.24, 2.45) is 5.73 Å². The van der Waals surface area contributed by atoms with Crippen LogP contribution in [-0.2, 0) is 37.9 Å². The molecule has 2 heterocycles. The van der Waals surface area contributed by atoms with Crippen molar-refractivity contribution in [1.29, 1.82) is 0 Å². The van der Waals surface area contributed by atoms with E-state index in [1.165, 1.54) is 32.0 Å². The van der Waals surface area contributed by atoms with Crippen LogP contribution in [0, 0.1) is 0 Å². The lowest BCUT2D eigenvalue weighted by atomic mass is 10.1. The molecule has 0 aliphatic rings. The van der Waals surface area contributed by atoms with Crippen LogP contribution in [0.5, 0.6) is 0 Å². The van der Waals surface area contributed by atoms with Gasteiger partial charge >= 0.3 is 18.0 Å². The molecule has 16 heteroatoms. The molecule has 0 atom stereocenters. The monoisotopic (exact) mass is 619 g/mol. The zero-order valence-electron chi connectivity index (χ0n) is 22.9. The zero-order chi connectivity index (χ0) is 30.9. The lowest BCUT2D eigenvalue weighted by molar-refractivity contribution is 0.0600. The first-order valence-electron chi connectivity index (χ1n) is 12.1. The number of nitrogens with zero attached hydrogens (tertiary/aromatic N) is 4. The highest BCUT2D eigenvalue weighted by Crippen LogP contribution is 2.20. The van der Waals surface area contributed by atoms with Crippen molar-refractivity contribution in [3.63, 3.8) is 0 Å². The quantitative estimate of drug-likeness (QED) is 0.190. The number of aromatic nitrogens is 2. The van der Waals surface area contributed by atoms with Crippen molar-refractivity contribution in [3.05, 3.63) is 95.7 Å². The highest BCUT2D eigenvalue weighted by atomic mass is 32.2. The summed E-state index contributed by atoms with van der Waals surface area (Å²) in [6, 6.07) is 13.0. The topological polar surface area (TPSA) is 196 Å². The van der Waals surface area contributed by atoms with E-state index in [9.17, 15) is 26.4 Å². The van der Waals surface area contributed by atoms with E-state index >= 15 is 0 Å². The summed E-state index contributed by atoms with van der Waals surface area (Å²) in [5, 5.41) is 0. The molecule has 14 nitrogen and oxygen atoms in total. The number of benzene rings is 2. The molecule has 0 spiro atoms. The summed E-state index contributed by atoms with van der Waals surface area (Å²) in [6.45, 7) is 0.0579. The molecule has 224 valence electrons. The summed E-state index contributed by atoms with van der Waals surface area (Å²) in [6.07, 6.45) is 7.48. The van der Waals surface area contributed by atoms with Gasteiger partial charge < -0.3 is 19.3 Å². The van der Waals surface area contributed by atoms with Crippen molar-refractivity contribution >= 4 is 43.8 Å². The number of oxazole rings is 2. The zero-order valence-corrected chi connectivity index (χ0v) is 24.5. The van der Waals surface area contributed by atoms with Gasteiger partial charge in [0.2, 0.25) is 20.0 Å². The number of hydrogen-bond acceptors (Lipinski definition) is 12. The Bertz CT molecular complexity index is 1540. The predicted molar refractivity (Wildman–Crippen MR) is 153 cm³/mol. The van der Waals surface area contributed by atoms with Crippen LogP contribution in [0.25, 0.3) is 0 Å². The average Bonchev–Trinajstić information content (AvgIpc) is 3.69. The lowest BCUT2D eigenvalue weighted by Gasteiger charge is -2.18. The molecule has 0 radical (unpaired) electrons. The molecule has 0 bridgehead atoms. The molecule has 2 aromatic carbocycles. The number of rotatable bonds is 11. The molecule has 0 saturated carbocycles. The highest BCUT2D eigenvalue weighted by molar-refractivity contribution is 7.92. The Balaban J connectivity index is 0.000000230.